The van der Waals surface area contributed by atoms with E-state index in [1.54, 1.807) is 25.3 Å². The summed E-state index contributed by atoms with van der Waals surface area (Å²) in [6.45, 7) is 3.10. The topological polar surface area (TPSA) is 104 Å². The lowest BCUT2D eigenvalue weighted by Crippen LogP contribution is -2.40. The van der Waals surface area contributed by atoms with Gasteiger partial charge in [0.05, 0.1) is 29.5 Å². The van der Waals surface area contributed by atoms with Crippen molar-refractivity contribution in [2.75, 3.05) is 26.3 Å². The fourth-order valence-electron chi connectivity index (χ4n) is 2.55. The van der Waals surface area contributed by atoms with Crippen LogP contribution in [-0.2, 0) is 14.8 Å². The Morgan fingerprint density at radius 2 is 2.00 bits per heavy atom. The molecule has 0 atom stereocenters. The van der Waals surface area contributed by atoms with Crippen molar-refractivity contribution in [3.63, 3.8) is 0 Å². The van der Waals surface area contributed by atoms with Gasteiger partial charge in [-0.2, -0.15) is 9.41 Å². The van der Waals surface area contributed by atoms with Gasteiger partial charge in [0.2, 0.25) is 10.0 Å². The second-order valence-corrected chi connectivity index (χ2v) is 7.70. The van der Waals surface area contributed by atoms with E-state index < -0.39 is 15.9 Å². The van der Waals surface area contributed by atoms with Crippen LogP contribution in [0.5, 0.6) is 0 Å². The Bertz CT molecular complexity index is 901. The Morgan fingerprint density at radius 3 is 2.69 bits per heavy atom. The number of morpholine rings is 1. The first-order valence-corrected chi connectivity index (χ1v) is 9.59. The minimum absolute atomic E-state index is 0.0807. The van der Waals surface area contributed by atoms with Gasteiger partial charge in [0, 0.05) is 24.8 Å². The first-order chi connectivity index (χ1) is 12.5. The minimum Gasteiger partial charge on any atom is -0.379 e. The summed E-state index contributed by atoms with van der Waals surface area (Å²) < 4.78 is 31.9. The molecule has 1 aliphatic heterocycles. The molecule has 3 rings (SSSR count). The molecule has 0 aliphatic carbocycles. The van der Waals surface area contributed by atoms with E-state index in [9.17, 15) is 13.2 Å². The highest BCUT2D eigenvalue weighted by molar-refractivity contribution is 7.89. The smallest absolute Gasteiger partial charge is 0.271 e. The quantitative estimate of drug-likeness (QED) is 0.604. The number of aromatic amines is 1. The monoisotopic (exact) mass is 376 g/mol. The fourth-order valence-corrected chi connectivity index (χ4v) is 4.00. The number of nitrogens with one attached hydrogen (secondary N) is 2. The summed E-state index contributed by atoms with van der Waals surface area (Å²) in [5.74, 6) is -0.477. The second kappa shape index (κ2) is 7.81. The van der Waals surface area contributed by atoms with Crippen LogP contribution in [0.3, 0.4) is 0 Å². The molecule has 0 spiro atoms. The molecule has 1 aliphatic rings. The number of hydrogen-bond donors (Lipinski definition) is 2. The van der Waals surface area contributed by atoms with Gasteiger partial charge in [0.15, 0.2) is 0 Å². The van der Waals surface area contributed by atoms with Crippen molar-refractivity contribution in [2.24, 2.45) is 5.10 Å². The summed E-state index contributed by atoms with van der Waals surface area (Å²) in [6, 6.07) is 9.60. The lowest BCUT2D eigenvalue weighted by Gasteiger charge is -2.26. The largest absolute Gasteiger partial charge is 0.379 e. The second-order valence-electron chi connectivity index (χ2n) is 5.77. The zero-order chi connectivity index (χ0) is 18.6. The predicted octanol–water partition coefficient (Wildman–Crippen LogP) is 1.19. The van der Waals surface area contributed by atoms with Crippen molar-refractivity contribution < 1.29 is 17.9 Å². The molecule has 0 unspecified atom stereocenters. The molecule has 2 heterocycles. The van der Waals surface area contributed by atoms with E-state index in [4.69, 9.17) is 4.74 Å². The third-order valence-electron chi connectivity index (χ3n) is 4.02. The van der Waals surface area contributed by atoms with Gasteiger partial charge in [-0.25, -0.2) is 13.8 Å². The normalized spacial score (nSPS) is 16.4. The van der Waals surface area contributed by atoms with Gasteiger partial charge in [-0.1, -0.05) is 6.07 Å². The lowest BCUT2D eigenvalue weighted by molar-refractivity contribution is 0.0730. The summed E-state index contributed by atoms with van der Waals surface area (Å²) in [6.07, 6.45) is 1.76. The van der Waals surface area contributed by atoms with E-state index in [-0.39, 0.29) is 10.5 Å². The number of carbonyl (C=O) groups is 1. The zero-order valence-electron chi connectivity index (χ0n) is 14.3. The molecule has 0 saturated carbocycles. The van der Waals surface area contributed by atoms with Crippen molar-refractivity contribution >= 4 is 21.6 Å². The Labute approximate surface area is 151 Å². The van der Waals surface area contributed by atoms with Crippen molar-refractivity contribution in [3.05, 3.63) is 53.9 Å². The molecule has 1 saturated heterocycles. The summed E-state index contributed by atoms with van der Waals surface area (Å²) in [7, 11) is -3.65. The molecular weight excluding hydrogens is 356 g/mol. The number of carbonyl (C=O) groups excluding carboxylic acids is 1. The van der Waals surface area contributed by atoms with Gasteiger partial charge >= 0.3 is 0 Å². The zero-order valence-corrected chi connectivity index (χ0v) is 15.1. The highest BCUT2D eigenvalue weighted by atomic mass is 32.2. The van der Waals surface area contributed by atoms with Crippen molar-refractivity contribution in [3.8, 4) is 0 Å². The van der Waals surface area contributed by atoms with Crippen LogP contribution >= 0.6 is 0 Å². The van der Waals surface area contributed by atoms with Crippen LogP contribution in [0.1, 0.15) is 23.0 Å². The molecule has 26 heavy (non-hydrogen) atoms. The van der Waals surface area contributed by atoms with Gasteiger partial charge in [-0.05, 0) is 37.3 Å². The van der Waals surface area contributed by atoms with Gasteiger partial charge in [-0.15, -0.1) is 0 Å². The molecule has 9 heteroatoms. The fraction of sp³-hybridized carbons (Fsp3) is 0.294. The van der Waals surface area contributed by atoms with Gasteiger partial charge in [0.25, 0.3) is 5.91 Å². The average Bonchev–Trinajstić information content (AvgIpc) is 3.21. The number of H-pyrrole nitrogens is 1. The third-order valence-corrected chi connectivity index (χ3v) is 5.91. The molecule has 1 aromatic carbocycles. The maximum atomic E-state index is 12.7. The van der Waals surface area contributed by atoms with Gasteiger partial charge in [-0.3, -0.25) is 4.79 Å². The molecule has 138 valence electrons. The SMILES string of the molecule is C/C(=N\NC(=O)c1cccc(S(=O)(=O)N2CCOCC2)c1)c1ccc[nH]1. The third kappa shape index (κ3) is 4.01. The van der Waals surface area contributed by atoms with E-state index in [2.05, 4.69) is 15.5 Å². The van der Waals surface area contributed by atoms with Crippen molar-refractivity contribution in [1.82, 2.24) is 14.7 Å². The van der Waals surface area contributed by atoms with Crippen molar-refractivity contribution in [1.29, 1.82) is 0 Å². The number of ether oxygens (including phenoxy) is 1. The molecule has 0 radical (unpaired) electrons. The highest BCUT2D eigenvalue weighted by Crippen LogP contribution is 2.18. The van der Waals surface area contributed by atoms with E-state index in [1.807, 2.05) is 12.1 Å². The molecule has 2 N–H and O–H groups in total. The molecule has 1 amide bonds. The minimum atomic E-state index is -3.65. The number of amides is 1. The Balaban J connectivity index is 1.76. The number of aromatic nitrogens is 1. The number of hydrogen-bond acceptors (Lipinski definition) is 5. The standard InChI is InChI=1S/C17H20N4O4S/c1-13(16-6-3-7-18-16)19-20-17(22)14-4-2-5-15(12-14)26(23,24)21-8-10-25-11-9-21/h2-7,12,18H,8-11H2,1H3,(H,20,22)/b19-13+. The number of benzene rings is 1. The van der Waals surface area contributed by atoms with E-state index >= 15 is 0 Å². The highest BCUT2D eigenvalue weighted by Gasteiger charge is 2.26. The van der Waals surface area contributed by atoms with Crippen LogP contribution < -0.4 is 5.43 Å². The molecule has 8 nitrogen and oxygen atoms in total. The summed E-state index contributed by atoms with van der Waals surface area (Å²) in [5.41, 5.74) is 4.07. The van der Waals surface area contributed by atoms with Crippen LogP contribution in [0, 0.1) is 0 Å². The number of sulfonamides is 1. The van der Waals surface area contributed by atoms with Gasteiger partial charge in [0.1, 0.15) is 0 Å². The van der Waals surface area contributed by atoms with Crippen LogP contribution in [0.15, 0.2) is 52.6 Å². The molecule has 1 fully saturated rings. The molecule has 2 aromatic rings. The number of nitrogens with zero attached hydrogens (tertiary/aromatic N) is 2. The maximum Gasteiger partial charge on any atom is 0.271 e. The lowest BCUT2D eigenvalue weighted by atomic mass is 10.2. The first-order valence-electron chi connectivity index (χ1n) is 8.15. The Hall–Kier alpha value is -2.49. The summed E-state index contributed by atoms with van der Waals surface area (Å²) in [5, 5.41) is 4.03. The Morgan fingerprint density at radius 1 is 1.23 bits per heavy atom. The first kappa shape index (κ1) is 18.3. The van der Waals surface area contributed by atoms with E-state index in [0.717, 1.165) is 5.69 Å². The molecular formula is C17H20N4O4S. The van der Waals surface area contributed by atoms with E-state index in [1.165, 1.54) is 16.4 Å². The Kier molecular flexibility index (Phi) is 5.50. The maximum absolute atomic E-state index is 12.7. The van der Waals surface area contributed by atoms with Crippen molar-refractivity contribution in [2.45, 2.75) is 11.8 Å². The van der Waals surface area contributed by atoms with Crippen LogP contribution in [0.25, 0.3) is 0 Å². The number of rotatable bonds is 5. The summed E-state index contributed by atoms with van der Waals surface area (Å²) >= 11 is 0. The number of hydrazone groups is 1. The van der Waals surface area contributed by atoms with Crippen LogP contribution in [0.4, 0.5) is 0 Å². The van der Waals surface area contributed by atoms with Gasteiger partial charge < -0.3 is 9.72 Å². The molecule has 1 aromatic heterocycles. The van der Waals surface area contributed by atoms with E-state index in [0.29, 0.717) is 32.0 Å². The summed E-state index contributed by atoms with van der Waals surface area (Å²) in [4.78, 5) is 15.4. The van der Waals surface area contributed by atoms with Crippen LogP contribution in [0.2, 0.25) is 0 Å². The average molecular weight is 376 g/mol. The molecule has 0 bridgehead atoms. The van der Waals surface area contributed by atoms with Crippen LogP contribution in [-0.4, -0.2) is 55.6 Å². The predicted molar refractivity (Wildman–Crippen MR) is 96.5 cm³/mol.